The topological polar surface area (TPSA) is 26.3 Å². The lowest BCUT2D eigenvalue weighted by Gasteiger charge is -2.14. The van der Waals surface area contributed by atoms with Crippen molar-refractivity contribution in [2.45, 2.75) is 19.3 Å². The lowest BCUT2D eigenvalue weighted by molar-refractivity contribution is -0.141. The van der Waals surface area contributed by atoms with E-state index in [2.05, 4.69) is 4.74 Å². The number of halogens is 6. The van der Waals surface area contributed by atoms with E-state index in [1.165, 1.54) is 6.92 Å². The van der Waals surface area contributed by atoms with Crippen LogP contribution in [-0.2, 0) is 17.1 Å². The molecule has 19 heavy (non-hydrogen) atoms. The number of carbonyl (C=O) groups is 1. The molecule has 0 heterocycles. The first-order chi connectivity index (χ1) is 8.57. The maximum atomic E-state index is 12.6. The Kier molecular flexibility index (Phi) is 4.12. The summed E-state index contributed by atoms with van der Waals surface area (Å²) in [4.78, 5) is 11.3. The van der Waals surface area contributed by atoms with Gasteiger partial charge in [0.2, 0.25) is 0 Å². The monoisotopic (exact) mass is 286 g/mol. The van der Waals surface area contributed by atoms with Crippen LogP contribution in [-0.4, -0.2) is 12.6 Å². The molecule has 0 unspecified atom stereocenters. The number of rotatable bonds is 2. The molecule has 1 rings (SSSR count). The summed E-state index contributed by atoms with van der Waals surface area (Å²) in [5.41, 5.74) is -3.95. The largest absolute Gasteiger partial charge is 0.462 e. The van der Waals surface area contributed by atoms with Crippen LogP contribution in [0.25, 0.3) is 0 Å². The molecule has 0 aliphatic carbocycles. The van der Waals surface area contributed by atoms with Crippen molar-refractivity contribution in [2.24, 2.45) is 0 Å². The summed E-state index contributed by atoms with van der Waals surface area (Å²) in [6.07, 6.45) is -9.78. The summed E-state index contributed by atoms with van der Waals surface area (Å²) in [7, 11) is 0. The molecule has 0 amide bonds. The van der Waals surface area contributed by atoms with E-state index in [1.54, 1.807) is 0 Å². The highest BCUT2D eigenvalue weighted by Gasteiger charge is 2.38. The summed E-state index contributed by atoms with van der Waals surface area (Å²) in [6, 6.07) is 0.626. The van der Waals surface area contributed by atoms with Crippen molar-refractivity contribution in [3.63, 3.8) is 0 Å². The van der Waals surface area contributed by atoms with Crippen molar-refractivity contribution in [1.82, 2.24) is 0 Å². The average Bonchev–Trinajstić information content (AvgIpc) is 2.26. The van der Waals surface area contributed by atoms with Crippen molar-refractivity contribution in [1.29, 1.82) is 0 Å². The zero-order valence-electron chi connectivity index (χ0n) is 9.52. The van der Waals surface area contributed by atoms with Crippen LogP contribution in [0.2, 0.25) is 0 Å². The Morgan fingerprint density at radius 3 is 2.11 bits per heavy atom. The normalized spacial score (nSPS) is 12.4. The SMILES string of the molecule is CCOC(=O)c1cc(C(F)(F)F)ccc1C(F)(F)F. The van der Waals surface area contributed by atoms with Crippen LogP contribution in [0, 0.1) is 0 Å². The highest BCUT2D eigenvalue weighted by atomic mass is 19.4. The van der Waals surface area contributed by atoms with E-state index >= 15 is 0 Å². The van der Waals surface area contributed by atoms with Gasteiger partial charge in [0, 0.05) is 0 Å². The van der Waals surface area contributed by atoms with Gasteiger partial charge >= 0.3 is 18.3 Å². The van der Waals surface area contributed by atoms with Crippen LogP contribution in [0.4, 0.5) is 26.3 Å². The zero-order valence-corrected chi connectivity index (χ0v) is 9.52. The summed E-state index contributed by atoms with van der Waals surface area (Å²) >= 11 is 0. The number of hydrogen-bond donors (Lipinski definition) is 0. The molecule has 0 spiro atoms. The van der Waals surface area contributed by atoms with Gasteiger partial charge in [-0.3, -0.25) is 0 Å². The highest BCUT2D eigenvalue weighted by Crippen LogP contribution is 2.36. The van der Waals surface area contributed by atoms with Crippen LogP contribution >= 0.6 is 0 Å². The standard InChI is InChI=1S/C11H8F6O2/c1-2-19-9(18)7-5-6(10(12,13)14)3-4-8(7)11(15,16)17/h3-5H,2H2,1H3. The highest BCUT2D eigenvalue weighted by molar-refractivity contribution is 5.91. The van der Waals surface area contributed by atoms with E-state index < -0.39 is 35.0 Å². The van der Waals surface area contributed by atoms with Crippen molar-refractivity contribution in [3.05, 3.63) is 34.9 Å². The van der Waals surface area contributed by atoms with E-state index in [0.29, 0.717) is 0 Å². The van der Waals surface area contributed by atoms with Crippen molar-refractivity contribution < 1.29 is 35.9 Å². The van der Waals surface area contributed by atoms with E-state index in [1.807, 2.05) is 0 Å². The summed E-state index contributed by atoms with van der Waals surface area (Å²) in [5, 5.41) is 0. The van der Waals surface area contributed by atoms with Gasteiger partial charge in [-0.2, -0.15) is 26.3 Å². The molecule has 1 aromatic rings. The molecule has 2 nitrogen and oxygen atoms in total. The Bertz CT molecular complexity index is 475. The lowest BCUT2D eigenvalue weighted by atomic mass is 10.0. The van der Waals surface area contributed by atoms with Crippen LogP contribution in [0.1, 0.15) is 28.4 Å². The van der Waals surface area contributed by atoms with Crippen LogP contribution < -0.4 is 0 Å². The molecule has 0 saturated heterocycles. The second-order valence-electron chi connectivity index (χ2n) is 3.48. The minimum absolute atomic E-state index is 0.140. The molecule has 0 N–H and O–H groups in total. The van der Waals surface area contributed by atoms with Crippen molar-refractivity contribution >= 4 is 5.97 Å². The van der Waals surface area contributed by atoms with Gasteiger partial charge in [-0.1, -0.05) is 0 Å². The molecular formula is C11H8F6O2. The minimum atomic E-state index is -4.94. The van der Waals surface area contributed by atoms with Gasteiger partial charge in [-0.25, -0.2) is 4.79 Å². The number of benzene rings is 1. The van der Waals surface area contributed by atoms with Crippen molar-refractivity contribution in [2.75, 3.05) is 6.61 Å². The Hall–Kier alpha value is -1.73. The van der Waals surface area contributed by atoms with Gasteiger partial charge in [-0.05, 0) is 25.1 Å². The molecule has 0 atom stereocenters. The van der Waals surface area contributed by atoms with Crippen LogP contribution in [0.15, 0.2) is 18.2 Å². The maximum absolute atomic E-state index is 12.6. The lowest BCUT2D eigenvalue weighted by Crippen LogP contribution is -2.17. The van der Waals surface area contributed by atoms with Gasteiger partial charge in [0.25, 0.3) is 0 Å². The molecule has 0 saturated carbocycles. The number of hydrogen-bond acceptors (Lipinski definition) is 2. The predicted octanol–water partition coefficient (Wildman–Crippen LogP) is 3.90. The van der Waals surface area contributed by atoms with E-state index in [4.69, 9.17) is 0 Å². The van der Waals surface area contributed by atoms with Crippen LogP contribution in [0.3, 0.4) is 0 Å². The zero-order chi connectivity index (χ0) is 14.8. The molecule has 0 aromatic heterocycles. The Morgan fingerprint density at radius 2 is 1.68 bits per heavy atom. The molecule has 0 aliphatic heterocycles. The van der Waals surface area contributed by atoms with Crippen molar-refractivity contribution in [3.8, 4) is 0 Å². The second-order valence-corrected chi connectivity index (χ2v) is 3.48. The Morgan fingerprint density at radius 1 is 1.11 bits per heavy atom. The molecule has 0 aliphatic rings. The Labute approximate surface area is 104 Å². The third-order valence-corrected chi connectivity index (χ3v) is 2.15. The summed E-state index contributed by atoms with van der Waals surface area (Å²) < 4.78 is 79.3. The van der Waals surface area contributed by atoms with Gasteiger partial charge in [0.15, 0.2) is 0 Å². The fourth-order valence-electron chi connectivity index (χ4n) is 1.35. The van der Waals surface area contributed by atoms with E-state index in [0.717, 1.165) is 0 Å². The second kappa shape index (κ2) is 5.10. The summed E-state index contributed by atoms with van der Waals surface area (Å²) in [6.45, 7) is 1.09. The first-order valence-corrected chi connectivity index (χ1v) is 5.03. The first kappa shape index (κ1) is 15.3. The van der Waals surface area contributed by atoms with Gasteiger partial charge < -0.3 is 4.74 Å². The van der Waals surface area contributed by atoms with Gasteiger partial charge in [-0.15, -0.1) is 0 Å². The molecule has 1 aromatic carbocycles. The Balaban J connectivity index is 3.39. The number of ether oxygens (including phenoxy) is 1. The third kappa shape index (κ3) is 3.62. The number of esters is 1. The number of alkyl halides is 6. The van der Waals surface area contributed by atoms with E-state index in [-0.39, 0.29) is 24.8 Å². The molecular weight excluding hydrogens is 278 g/mol. The first-order valence-electron chi connectivity index (χ1n) is 5.03. The molecule has 0 bridgehead atoms. The smallest absolute Gasteiger partial charge is 0.417 e. The number of carbonyl (C=O) groups excluding carboxylic acids is 1. The maximum Gasteiger partial charge on any atom is 0.417 e. The van der Waals surface area contributed by atoms with Gasteiger partial charge in [0.05, 0.1) is 23.3 Å². The quantitative estimate of drug-likeness (QED) is 0.609. The molecule has 106 valence electrons. The third-order valence-electron chi connectivity index (χ3n) is 2.15. The fraction of sp³-hybridized carbons (Fsp3) is 0.364. The average molecular weight is 286 g/mol. The van der Waals surface area contributed by atoms with Crippen LogP contribution in [0.5, 0.6) is 0 Å². The molecule has 0 fully saturated rings. The fourth-order valence-corrected chi connectivity index (χ4v) is 1.35. The summed E-state index contributed by atoms with van der Waals surface area (Å²) in [5.74, 6) is -1.44. The molecule has 0 radical (unpaired) electrons. The minimum Gasteiger partial charge on any atom is -0.462 e. The molecule has 8 heteroatoms. The van der Waals surface area contributed by atoms with Gasteiger partial charge in [0.1, 0.15) is 0 Å². The van der Waals surface area contributed by atoms with E-state index in [9.17, 15) is 31.1 Å². The predicted molar refractivity (Wildman–Crippen MR) is 52.4 cm³/mol.